The summed E-state index contributed by atoms with van der Waals surface area (Å²) in [7, 11) is 3.48. The van der Waals surface area contributed by atoms with Crippen LogP contribution in [0.2, 0.25) is 0 Å². The minimum absolute atomic E-state index is 0. The summed E-state index contributed by atoms with van der Waals surface area (Å²) in [5.41, 5.74) is 1.49. The largest absolute Gasteiger partial charge is 0.497 e. The third kappa shape index (κ3) is 7.31. The number of hydrogen-bond acceptors (Lipinski definition) is 3. The average Bonchev–Trinajstić information content (AvgIpc) is 3.11. The van der Waals surface area contributed by atoms with E-state index in [0.717, 1.165) is 43.4 Å². The summed E-state index contributed by atoms with van der Waals surface area (Å²) < 4.78 is 10.6. The first-order chi connectivity index (χ1) is 12.2. The summed E-state index contributed by atoms with van der Waals surface area (Å²) in [4.78, 5) is 4.74. The van der Waals surface area contributed by atoms with Gasteiger partial charge in [0.1, 0.15) is 5.75 Å². The van der Waals surface area contributed by atoms with E-state index in [0.29, 0.717) is 12.0 Å². The van der Waals surface area contributed by atoms with Crippen LogP contribution in [0.3, 0.4) is 0 Å². The molecule has 0 atom stereocenters. The van der Waals surface area contributed by atoms with Crippen molar-refractivity contribution in [2.45, 2.75) is 45.6 Å². The fourth-order valence-electron chi connectivity index (χ4n) is 3.51. The summed E-state index contributed by atoms with van der Waals surface area (Å²) in [5.74, 6) is 1.75. The molecule has 0 radical (unpaired) electrons. The van der Waals surface area contributed by atoms with E-state index in [1.54, 1.807) is 14.2 Å². The smallest absolute Gasteiger partial charge is 0.191 e. The lowest BCUT2D eigenvalue weighted by atomic mass is 9.83. The van der Waals surface area contributed by atoms with Crippen LogP contribution in [0.25, 0.3) is 0 Å². The number of aliphatic imine (C=N–C) groups is 1. The Hall–Kier alpha value is -1.02. The van der Waals surface area contributed by atoms with Gasteiger partial charge in [0.2, 0.25) is 0 Å². The highest BCUT2D eigenvalue weighted by atomic mass is 127. The van der Waals surface area contributed by atoms with Crippen molar-refractivity contribution in [2.24, 2.45) is 10.4 Å². The van der Waals surface area contributed by atoms with Gasteiger partial charge in [-0.25, -0.2) is 4.99 Å². The van der Waals surface area contributed by atoms with Gasteiger partial charge in [0.05, 0.1) is 13.7 Å². The molecule has 0 heterocycles. The van der Waals surface area contributed by atoms with Gasteiger partial charge in [0.25, 0.3) is 0 Å². The van der Waals surface area contributed by atoms with E-state index in [-0.39, 0.29) is 24.0 Å². The molecule has 1 fully saturated rings. The van der Waals surface area contributed by atoms with Gasteiger partial charge in [-0.05, 0) is 49.3 Å². The monoisotopic (exact) mass is 475 g/mol. The highest BCUT2D eigenvalue weighted by molar-refractivity contribution is 14.0. The van der Waals surface area contributed by atoms with Crippen LogP contribution in [-0.2, 0) is 11.3 Å². The van der Waals surface area contributed by atoms with Crippen LogP contribution in [0.1, 0.15) is 44.6 Å². The van der Waals surface area contributed by atoms with Gasteiger partial charge < -0.3 is 20.1 Å². The first-order valence-electron chi connectivity index (χ1n) is 9.35. The Morgan fingerprint density at radius 3 is 2.62 bits per heavy atom. The second kappa shape index (κ2) is 12.4. The zero-order chi connectivity index (χ0) is 18.0. The van der Waals surface area contributed by atoms with Crippen LogP contribution in [-0.4, -0.2) is 39.9 Å². The van der Waals surface area contributed by atoms with E-state index in [4.69, 9.17) is 14.5 Å². The van der Waals surface area contributed by atoms with E-state index in [1.165, 1.54) is 25.7 Å². The predicted molar refractivity (Wildman–Crippen MR) is 119 cm³/mol. The summed E-state index contributed by atoms with van der Waals surface area (Å²) in [5, 5.41) is 6.92. The summed E-state index contributed by atoms with van der Waals surface area (Å²) in [6, 6.07) is 8.06. The standard InChI is InChI=1S/C20H33N3O2.HI/c1-4-21-19(22-15-17-8-7-9-18(14-17)25-3)23-16-20(12-13-24-2)10-5-6-11-20;/h7-9,14H,4-6,10-13,15-16H2,1-3H3,(H2,21,22,23);1H. The van der Waals surface area contributed by atoms with Crippen molar-refractivity contribution in [3.05, 3.63) is 29.8 Å². The maximum absolute atomic E-state index is 5.32. The molecule has 5 nitrogen and oxygen atoms in total. The predicted octanol–water partition coefficient (Wildman–Crippen LogP) is 3.97. The van der Waals surface area contributed by atoms with E-state index >= 15 is 0 Å². The number of ether oxygens (including phenoxy) is 2. The van der Waals surface area contributed by atoms with Crippen LogP contribution < -0.4 is 15.4 Å². The van der Waals surface area contributed by atoms with E-state index in [9.17, 15) is 0 Å². The molecule has 1 aliphatic carbocycles. The first-order valence-corrected chi connectivity index (χ1v) is 9.35. The Morgan fingerprint density at radius 1 is 1.19 bits per heavy atom. The Morgan fingerprint density at radius 2 is 1.96 bits per heavy atom. The van der Waals surface area contributed by atoms with Gasteiger partial charge in [-0.3, -0.25) is 0 Å². The van der Waals surface area contributed by atoms with Gasteiger partial charge in [-0.2, -0.15) is 0 Å². The third-order valence-corrected chi connectivity index (χ3v) is 5.03. The van der Waals surface area contributed by atoms with Crippen LogP contribution >= 0.6 is 24.0 Å². The number of halogens is 1. The lowest BCUT2D eigenvalue weighted by molar-refractivity contribution is 0.138. The average molecular weight is 475 g/mol. The van der Waals surface area contributed by atoms with Crippen molar-refractivity contribution < 1.29 is 9.47 Å². The van der Waals surface area contributed by atoms with Crippen molar-refractivity contribution in [1.82, 2.24) is 10.6 Å². The molecule has 0 aliphatic heterocycles. The van der Waals surface area contributed by atoms with Crippen molar-refractivity contribution in [2.75, 3.05) is 33.9 Å². The number of nitrogens with one attached hydrogen (secondary N) is 2. The molecule has 1 aliphatic rings. The molecule has 1 aromatic carbocycles. The number of guanidine groups is 1. The van der Waals surface area contributed by atoms with Crippen molar-refractivity contribution >= 4 is 29.9 Å². The highest BCUT2D eigenvalue weighted by Gasteiger charge is 2.33. The second-order valence-electron chi connectivity index (χ2n) is 6.85. The first kappa shape index (κ1) is 23.0. The lowest BCUT2D eigenvalue weighted by Crippen LogP contribution is -2.43. The van der Waals surface area contributed by atoms with E-state index in [2.05, 4.69) is 23.6 Å². The molecular weight excluding hydrogens is 441 g/mol. The number of benzene rings is 1. The molecule has 0 amide bonds. The molecule has 26 heavy (non-hydrogen) atoms. The zero-order valence-electron chi connectivity index (χ0n) is 16.3. The van der Waals surface area contributed by atoms with Crippen LogP contribution in [0, 0.1) is 5.41 Å². The van der Waals surface area contributed by atoms with Crippen molar-refractivity contribution in [3.63, 3.8) is 0 Å². The Labute approximate surface area is 175 Å². The van der Waals surface area contributed by atoms with Crippen molar-refractivity contribution in [1.29, 1.82) is 0 Å². The van der Waals surface area contributed by atoms with E-state index in [1.807, 2.05) is 18.2 Å². The van der Waals surface area contributed by atoms with Gasteiger partial charge >= 0.3 is 0 Å². The van der Waals surface area contributed by atoms with Crippen LogP contribution in [0.4, 0.5) is 0 Å². The minimum atomic E-state index is 0. The number of methoxy groups -OCH3 is 2. The molecule has 148 valence electrons. The second-order valence-corrected chi connectivity index (χ2v) is 6.85. The maximum Gasteiger partial charge on any atom is 0.191 e. The Bertz CT molecular complexity index is 546. The number of nitrogens with zero attached hydrogens (tertiary/aromatic N) is 1. The Balaban J connectivity index is 0.00000338. The lowest BCUT2D eigenvalue weighted by Gasteiger charge is -2.30. The van der Waals surface area contributed by atoms with Crippen LogP contribution in [0.15, 0.2) is 29.3 Å². The summed E-state index contributed by atoms with van der Waals surface area (Å²) in [6.07, 6.45) is 6.31. The molecular formula is C20H34IN3O2. The molecule has 0 saturated heterocycles. The molecule has 1 aromatic rings. The zero-order valence-corrected chi connectivity index (χ0v) is 18.7. The molecule has 0 aromatic heterocycles. The van der Waals surface area contributed by atoms with Gasteiger partial charge in [0, 0.05) is 26.8 Å². The normalized spacial score (nSPS) is 16.0. The third-order valence-electron chi connectivity index (χ3n) is 5.03. The quantitative estimate of drug-likeness (QED) is 0.323. The van der Waals surface area contributed by atoms with Gasteiger partial charge in [-0.15, -0.1) is 24.0 Å². The Kier molecular flexibility index (Phi) is 11.0. The van der Waals surface area contributed by atoms with Gasteiger partial charge in [0.15, 0.2) is 5.96 Å². The molecule has 0 spiro atoms. The highest BCUT2D eigenvalue weighted by Crippen LogP contribution is 2.40. The minimum Gasteiger partial charge on any atom is -0.497 e. The summed E-state index contributed by atoms with van der Waals surface area (Å²) >= 11 is 0. The van der Waals surface area contributed by atoms with Crippen LogP contribution in [0.5, 0.6) is 5.75 Å². The topological polar surface area (TPSA) is 54.9 Å². The molecule has 0 unspecified atom stereocenters. The SMILES string of the molecule is CCNC(=NCc1cccc(OC)c1)NCC1(CCOC)CCCC1.I. The fraction of sp³-hybridized carbons (Fsp3) is 0.650. The maximum atomic E-state index is 5.32. The van der Waals surface area contributed by atoms with E-state index < -0.39 is 0 Å². The van der Waals surface area contributed by atoms with Crippen molar-refractivity contribution in [3.8, 4) is 5.75 Å². The van der Waals surface area contributed by atoms with Gasteiger partial charge in [-0.1, -0.05) is 25.0 Å². The summed E-state index contributed by atoms with van der Waals surface area (Å²) in [6.45, 7) is 5.38. The molecule has 2 rings (SSSR count). The molecule has 1 saturated carbocycles. The molecule has 0 bridgehead atoms. The molecule has 2 N–H and O–H groups in total. The fourth-order valence-corrected chi connectivity index (χ4v) is 3.51. The molecule has 6 heteroatoms. The number of rotatable bonds is 9. The number of hydrogen-bond donors (Lipinski definition) is 2.